The number of aliphatic imine (C=N–C) groups is 1. The molecule has 0 N–H and O–H groups in total. The maximum absolute atomic E-state index is 12.8. The van der Waals surface area contributed by atoms with Gasteiger partial charge in [0.15, 0.2) is 0 Å². The molecule has 8 heteroatoms. The van der Waals surface area contributed by atoms with Crippen LogP contribution in [-0.2, 0) is 23.0 Å². The summed E-state index contributed by atoms with van der Waals surface area (Å²) in [6.45, 7) is 0.830. The molecule has 4 aromatic rings. The number of hydrogen-bond donors (Lipinski definition) is 0. The maximum Gasteiger partial charge on any atom is 0.416 e. The van der Waals surface area contributed by atoms with Crippen molar-refractivity contribution in [1.82, 2.24) is 14.8 Å². The van der Waals surface area contributed by atoms with Crippen molar-refractivity contribution >= 4 is 5.90 Å². The summed E-state index contributed by atoms with van der Waals surface area (Å²) < 4.78 is 46.2. The third-order valence-corrected chi connectivity index (χ3v) is 5.64. The van der Waals surface area contributed by atoms with E-state index in [0.29, 0.717) is 24.6 Å². The summed E-state index contributed by atoms with van der Waals surface area (Å²) in [6, 6.07) is 22.5. The summed E-state index contributed by atoms with van der Waals surface area (Å²) in [4.78, 5) is 8.98. The molecule has 5 rings (SSSR count). The SMILES string of the molecule is FC(F)(F)c1ccc(-c2ccc(C3=NC(Cn4cncn4)(c4ccccc4)CO3)cc2)cc1. The molecule has 0 saturated carbocycles. The molecule has 0 saturated heterocycles. The molecule has 33 heavy (non-hydrogen) atoms. The fourth-order valence-electron chi connectivity index (χ4n) is 3.90. The van der Waals surface area contributed by atoms with Crippen LogP contribution < -0.4 is 0 Å². The molecular formula is C25H19F3N4O. The van der Waals surface area contributed by atoms with E-state index in [1.807, 2.05) is 54.6 Å². The molecule has 3 aromatic carbocycles. The summed E-state index contributed by atoms with van der Waals surface area (Å²) in [7, 11) is 0. The van der Waals surface area contributed by atoms with Crippen LogP contribution >= 0.6 is 0 Å². The van der Waals surface area contributed by atoms with Crippen molar-refractivity contribution in [2.75, 3.05) is 6.61 Å². The first kappa shape index (κ1) is 20.9. The average Bonchev–Trinajstić information content (AvgIpc) is 3.51. The number of aromatic nitrogens is 3. The van der Waals surface area contributed by atoms with Gasteiger partial charge in [-0.2, -0.15) is 18.3 Å². The maximum atomic E-state index is 12.8. The Morgan fingerprint density at radius 2 is 1.48 bits per heavy atom. The molecule has 0 spiro atoms. The Morgan fingerprint density at radius 1 is 0.848 bits per heavy atom. The van der Waals surface area contributed by atoms with Gasteiger partial charge in [0.05, 0.1) is 12.1 Å². The third kappa shape index (κ3) is 4.24. The molecule has 2 heterocycles. The highest BCUT2D eigenvalue weighted by atomic mass is 19.4. The van der Waals surface area contributed by atoms with Crippen LogP contribution in [0.15, 0.2) is 96.5 Å². The van der Waals surface area contributed by atoms with Gasteiger partial charge in [0.2, 0.25) is 5.90 Å². The number of halogens is 3. The number of rotatable bonds is 5. The monoisotopic (exact) mass is 448 g/mol. The van der Waals surface area contributed by atoms with Crippen LogP contribution in [0.4, 0.5) is 13.2 Å². The van der Waals surface area contributed by atoms with Crippen LogP contribution in [0, 0.1) is 0 Å². The average molecular weight is 448 g/mol. The fraction of sp³-hybridized carbons (Fsp3) is 0.160. The van der Waals surface area contributed by atoms with Crippen LogP contribution in [-0.4, -0.2) is 27.3 Å². The predicted octanol–water partition coefficient (Wildman–Crippen LogP) is 5.34. The van der Waals surface area contributed by atoms with E-state index in [1.165, 1.54) is 18.5 Å². The Morgan fingerprint density at radius 3 is 2.09 bits per heavy atom. The summed E-state index contributed by atoms with van der Waals surface area (Å²) in [6.07, 6.45) is -1.21. The first-order valence-electron chi connectivity index (χ1n) is 10.3. The highest BCUT2D eigenvalue weighted by molar-refractivity contribution is 5.96. The summed E-state index contributed by atoms with van der Waals surface area (Å²) in [5, 5.41) is 4.22. The van der Waals surface area contributed by atoms with E-state index >= 15 is 0 Å². The molecule has 166 valence electrons. The normalized spacial score (nSPS) is 18.1. The van der Waals surface area contributed by atoms with Crippen molar-refractivity contribution in [2.45, 2.75) is 18.3 Å². The molecule has 0 amide bonds. The Labute approximate surface area is 188 Å². The van der Waals surface area contributed by atoms with Crippen LogP contribution in [0.2, 0.25) is 0 Å². The van der Waals surface area contributed by atoms with E-state index in [2.05, 4.69) is 10.1 Å². The fourth-order valence-corrected chi connectivity index (χ4v) is 3.90. The van der Waals surface area contributed by atoms with Crippen molar-refractivity contribution in [3.8, 4) is 11.1 Å². The lowest BCUT2D eigenvalue weighted by Gasteiger charge is -2.24. The van der Waals surface area contributed by atoms with E-state index in [0.717, 1.165) is 28.8 Å². The van der Waals surface area contributed by atoms with Gasteiger partial charge < -0.3 is 4.74 Å². The first-order chi connectivity index (χ1) is 15.9. The van der Waals surface area contributed by atoms with E-state index in [9.17, 15) is 13.2 Å². The number of hydrogen-bond acceptors (Lipinski definition) is 4. The topological polar surface area (TPSA) is 52.3 Å². The minimum absolute atomic E-state index is 0.354. The van der Waals surface area contributed by atoms with E-state index < -0.39 is 17.3 Å². The van der Waals surface area contributed by atoms with Crippen LogP contribution in [0.3, 0.4) is 0 Å². The second-order valence-electron chi connectivity index (χ2n) is 7.85. The Bertz CT molecular complexity index is 1250. The lowest BCUT2D eigenvalue weighted by molar-refractivity contribution is -0.137. The minimum Gasteiger partial charge on any atom is -0.474 e. The molecule has 0 radical (unpaired) electrons. The van der Waals surface area contributed by atoms with Crippen LogP contribution in [0.5, 0.6) is 0 Å². The number of ether oxygens (including phenoxy) is 1. The lowest BCUT2D eigenvalue weighted by Crippen LogP contribution is -2.31. The zero-order valence-corrected chi connectivity index (χ0v) is 17.4. The zero-order valence-electron chi connectivity index (χ0n) is 17.4. The molecule has 0 bridgehead atoms. The quantitative estimate of drug-likeness (QED) is 0.414. The standard InChI is InChI=1S/C25H19F3N4O/c26-25(27,28)22-12-10-19(11-13-22)18-6-8-20(9-7-18)23-31-24(15-33-23,14-32-17-29-16-30-32)21-4-2-1-3-5-21/h1-13,16-17H,14-15H2. The van der Waals surface area contributed by atoms with Crippen molar-refractivity contribution in [2.24, 2.45) is 4.99 Å². The van der Waals surface area contributed by atoms with Gasteiger partial charge in [-0.1, -0.05) is 54.6 Å². The number of alkyl halides is 3. The highest BCUT2D eigenvalue weighted by Crippen LogP contribution is 2.35. The second-order valence-corrected chi connectivity index (χ2v) is 7.85. The van der Waals surface area contributed by atoms with Crippen molar-refractivity contribution < 1.29 is 17.9 Å². The molecule has 1 aliphatic heterocycles. The van der Waals surface area contributed by atoms with Gasteiger partial charge in [-0.15, -0.1) is 0 Å². The molecule has 1 aromatic heterocycles. The Balaban J connectivity index is 1.43. The largest absolute Gasteiger partial charge is 0.474 e. The molecule has 1 aliphatic rings. The van der Waals surface area contributed by atoms with Crippen molar-refractivity contribution in [1.29, 1.82) is 0 Å². The molecule has 1 unspecified atom stereocenters. The number of benzene rings is 3. The van der Waals surface area contributed by atoms with E-state index in [-0.39, 0.29) is 0 Å². The molecule has 5 nitrogen and oxygen atoms in total. The second kappa shape index (κ2) is 8.20. The molecule has 0 fully saturated rings. The zero-order chi connectivity index (χ0) is 22.9. The van der Waals surface area contributed by atoms with Gasteiger partial charge in [-0.25, -0.2) is 9.98 Å². The van der Waals surface area contributed by atoms with E-state index in [4.69, 9.17) is 9.73 Å². The van der Waals surface area contributed by atoms with Crippen molar-refractivity contribution in [3.05, 3.63) is 108 Å². The minimum atomic E-state index is -4.35. The van der Waals surface area contributed by atoms with Gasteiger partial charge in [0.25, 0.3) is 0 Å². The van der Waals surface area contributed by atoms with Crippen LogP contribution in [0.1, 0.15) is 16.7 Å². The van der Waals surface area contributed by atoms with Crippen molar-refractivity contribution in [3.63, 3.8) is 0 Å². The predicted molar refractivity (Wildman–Crippen MR) is 118 cm³/mol. The lowest BCUT2D eigenvalue weighted by atomic mass is 9.91. The smallest absolute Gasteiger partial charge is 0.416 e. The number of nitrogens with zero attached hydrogens (tertiary/aromatic N) is 4. The first-order valence-corrected chi connectivity index (χ1v) is 10.3. The molecule has 1 atom stereocenters. The van der Waals surface area contributed by atoms with Gasteiger partial charge >= 0.3 is 6.18 Å². The van der Waals surface area contributed by atoms with E-state index in [1.54, 1.807) is 11.0 Å². The van der Waals surface area contributed by atoms with Crippen LogP contribution in [0.25, 0.3) is 11.1 Å². The summed E-state index contributed by atoms with van der Waals surface area (Å²) >= 11 is 0. The Hall–Kier alpha value is -3.94. The van der Waals surface area contributed by atoms with Gasteiger partial charge in [-0.3, -0.25) is 4.68 Å². The summed E-state index contributed by atoms with van der Waals surface area (Å²) in [5.74, 6) is 0.512. The molecular weight excluding hydrogens is 429 g/mol. The molecule has 0 aliphatic carbocycles. The Kier molecular flexibility index (Phi) is 5.20. The third-order valence-electron chi connectivity index (χ3n) is 5.64. The van der Waals surface area contributed by atoms with Gasteiger partial charge in [0, 0.05) is 5.56 Å². The summed E-state index contributed by atoms with van der Waals surface area (Å²) in [5.41, 5.74) is 2.01. The highest BCUT2D eigenvalue weighted by Gasteiger charge is 2.39. The van der Waals surface area contributed by atoms with Gasteiger partial charge in [0.1, 0.15) is 24.8 Å². The van der Waals surface area contributed by atoms with Gasteiger partial charge in [-0.05, 0) is 41.0 Å².